The van der Waals surface area contributed by atoms with Crippen LogP contribution in [0.25, 0.3) is 6.08 Å². The van der Waals surface area contributed by atoms with E-state index in [9.17, 15) is 13.2 Å². The van der Waals surface area contributed by atoms with Crippen molar-refractivity contribution in [3.05, 3.63) is 76.5 Å². The van der Waals surface area contributed by atoms with Crippen molar-refractivity contribution in [3.63, 3.8) is 0 Å². The molecule has 11 heteroatoms. The van der Waals surface area contributed by atoms with E-state index in [0.717, 1.165) is 30.2 Å². The highest BCUT2D eigenvalue weighted by molar-refractivity contribution is 8.26. The van der Waals surface area contributed by atoms with Gasteiger partial charge in [-0.05, 0) is 37.5 Å². The average molecular weight is 570 g/mol. The second kappa shape index (κ2) is 11.4. The number of aryl methyl sites for hydroxylation is 2. The predicted molar refractivity (Wildman–Crippen MR) is 151 cm³/mol. The minimum atomic E-state index is -3.97. The van der Waals surface area contributed by atoms with Crippen LogP contribution in [0.1, 0.15) is 23.4 Å². The summed E-state index contributed by atoms with van der Waals surface area (Å²) in [5.41, 5.74) is 2.15. The van der Waals surface area contributed by atoms with Crippen LogP contribution in [-0.2, 0) is 25.8 Å². The summed E-state index contributed by atoms with van der Waals surface area (Å²) < 4.78 is 39.0. The van der Waals surface area contributed by atoms with Crippen molar-refractivity contribution in [1.29, 1.82) is 0 Å². The molecule has 0 atom stereocenters. The number of benzene rings is 2. The molecule has 0 bridgehead atoms. The smallest absolute Gasteiger partial charge is 0.266 e. The van der Waals surface area contributed by atoms with E-state index in [1.807, 2.05) is 30.0 Å². The van der Waals surface area contributed by atoms with Crippen LogP contribution in [0.2, 0.25) is 0 Å². The number of aromatic nitrogens is 1. The molecule has 3 aromatic rings. The SMILES string of the molecule is Cc1ccc(S(=O)(=O)c2nc(C=C3SC(=S)N(CCCc4ccccc4)C3=O)oc2N2CCOCC2)cc1. The van der Waals surface area contributed by atoms with E-state index in [1.165, 1.54) is 11.6 Å². The van der Waals surface area contributed by atoms with Gasteiger partial charge in [-0.2, -0.15) is 4.98 Å². The Morgan fingerprint density at radius 3 is 2.50 bits per heavy atom. The van der Waals surface area contributed by atoms with Crippen LogP contribution < -0.4 is 4.90 Å². The molecule has 2 aromatic carbocycles. The molecule has 38 heavy (non-hydrogen) atoms. The number of carbonyl (C=O) groups excluding carboxylic acids is 1. The number of sulfone groups is 1. The van der Waals surface area contributed by atoms with Gasteiger partial charge in [-0.15, -0.1) is 0 Å². The lowest BCUT2D eigenvalue weighted by Crippen LogP contribution is -2.36. The van der Waals surface area contributed by atoms with E-state index in [-0.39, 0.29) is 27.6 Å². The molecule has 2 saturated heterocycles. The largest absolute Gasteiger partial charge is 0.420 e. The van der Waals surface area contributed by atoms with Gasteiger partial charge >= 0.3 is 0 Å². The molecule has 0 spiro atoms. The van der Waals surface area contributed by atoms with Crippen molar-refractivity contribution in [3.8, 4) is 0 Å². The molecule has 2 aliphatic rings. The van der Waals surface area contributed by atoms with Crippen LogP contribution in [0.4, 0.5) is 5.88 Å². The molecule has 1 amide bonds. The van der Waals surface area contributed by atoms with Gasteiger partial charge in [-0.1, -0.05) is 72.0 Å². The van der Waals surface area contributed by atoms with Gasteiger partial charge in [0, 0.05) is 25.7 Å². The number of carbonyl (C=O) groups is 1. The molecular weight excluding hydrogens is 543 g/mol. The van der Waals surface area contributed by atoms with Crippen molar-refractivity contribution in [2.24, 2.45) is 0 Å². The third-order valence-electron chi connectivity index (χ3n) is 6.30. The summed E-state index contributed by atoms with van der Waals surface area (Å²) in [4.78, 5) is 21.4. The van der Waals surface area contributed by atoms with E-state index in [0.29, 0.717) is 42.1 Å². The second-order valence-electron chi connectivity index (χ2n) is 9.00. The summed E-state index contributed by atoms with van der Waals surface area (Å²) in [7, 11) is -3.97. The fourth-order valence-corrected chi connectivity index (χ4v) is 6.84. The average Bonchev–Trinajstić information content (AvgIpc) is 3.47. The first-order valence-electron chi connectivity index (χ1n) is 12.3. The van der Waals surface area contributed by atoms with Crippen molar-refractivity contribution in [2.45, 2.75) is 29.7 Å². The van der Waals surface area contributed by atoms with Gasteiger partial charge in [0.1, 0.15) is 4.32 Å². The normalized spacial score (nSPS) is 17.6. The lowest BCUT2D eigenvalue weighted by Gasteiger charge is -2.26. The van der Waals surface area contributed by atoms with Gasteiger partial charge in [0.15, 0.2) is 0 Å². The number of thiocarbonyl (C=S) groups is 1. The molecule has 0 saturated carbocycles. The highest BCUT2D eigenvalue weighted by Gasteiger charge is 2.34. The standard InChI is InChI=1S/C27H27N3O5S3/c1-19-9-11-21(12-10-19)38(32,33)24-26(29-14-16-34-17-15-29)35-23(28-24)18-22-25(31)30(27(36)37-22)13-5-8-20-6-3-2-4-7-20/h2-4,6-7,9-12,18H,5,8,13-17H2,1H3. The summed E-state index contributed by atoms with van der Waals surface area (Å²) in [6.45, 7) is 4.21. The number of amides is 1. The van der Waals surface area contributed by atoms with Gasteiger partial charge in [0.05, 0.1) is 23.0 Å². The number of nitrogens with zero attached hydrogens (tertiary/aromatic N) is 3. The molecule has 1 aromatic heterocycles. The third kappa shape index (κ3) is 5.70. The summed E-state index contributed by atoms with van der Waals surface area (Å²) in [5.74, 6) is -0.0393. The first-order valence-corrected chi connectivity index (χ1v) is 15.0. The quantitative estimate of drug-likeness (QED) is 0.287. The Balaban J connectivity index is 1.40. The van der Waals surface area contributed by atoms with Crippen LogP contribution >= 0.6 is 24.0 Å². The van der Waals surface area contributed by atoms with E-state index in [4.69, 9.17) is 21.4 Å². The van der Waals surface area contributed by atoms with Crippen LogP contribution in [0.3, 0.4) is 0 Å². The fourth-order valence-electron chi connectivity index (χ4n) is 4.24. The van der Waals surface area contributed by atoms with Gasteiger partial charge in [0.25, 0.3) is 5.91 Å². The van der Waals surface area contributed by atoms with Gasteiger partial charge < -0.3 is 14.1 Å². The molecule has 0 unspecified atom stereocenters. The Bertz CT molecular complexity index is 1460. The zero-order valence-electron chi connectivity index (χ0n) is 20.8. The number of rotatable bonds is 8. The Labute approximate surface area is 231 Å². The van der Waals surface area contributed by atoms with Crippen molar-refractivity contribution < 1.29 is 22.4 Å². The van der Waals surface area contributed by atoms with E-state index in [2.05, 4.69) is 17.1 Å². The maximum atomic E-state index is 13.6. The molecule has 8 nitrogen and oxygen atoms in total. The molecule has 198 valence electrons. The minimum absolute atomic E-state index is 0.0435. The lowest BCUT2D eigenvalue weighted by molar-refractivity contribution is -0.122. The monoisotopic (exact) mass is 569 g/mol. The van der Waals surface area contributed by atoms with Crippen LogP contribution in [0.5, 0.6) is 0 Å². The first-order chi connectivity index (χ1) is 18.3. The summed E-state index contributed by atoms with van der Waals surface area (Å²) >= 11 is 6.63. The van der Waals surface area contributed by atoms with Gasteiger partial charge in [-0.3, -0.25) is 9.69 Å². The highest BCUT2D eigenvalue weighted by Crippen LogP contribution is 2.36. The molecule has 0 radical (unpaired) electrons. The second-order valence-corrected chi connectivity index (χ2v) is 12.5. The lowest BCUT2D eigenvalue weighted by atomic mass is 10.1. The molecule has 2 fully saturated rings. The maximum absolute atomic E-state index is 13.6. The number of hydrogen-bond acceptors (Lipinski definition) is 9. The van der Waals surface area contributed by atoms with E-state index >= 15 is 0 Å². The summed E-state index contributed by atoms with van der Waals surface area (Å²) in [6, 6.07) is 16.7. The number of hydrogen-bond donors (Lipinski definition) is 0. The Morgan fingerprint density at radius 1 is 1.08 bits per heavy atom. The number of thioether (sulfide) groups is 1. The van der Waals surface area contributed by atoms with E-state index in [1.54, 1.807) is 29.2 Å². The summed E-state index contributed by atoms with van der Waals surface area (Å²) in [5, 5.41) is -0.173. The zero-order valence-corrected chi connectivity index (χ0v) is 23.3. The van der Waals surface area contributed by atoms with Crippen molar-refractivity contribution in [2.75, 3.05) is 37.7 Å². The zero-order chi connectivity index (χ0) is 26.7. The van der Waals surface area contributed by atoms with Crippen molar-refractivity contribution >= 4 is 56.0 Å². The van der Waals surface area contributed by atoms with Crippen LogP contribution in [0.15, 0.2) is 73.8 Å². The number of anilines is 1. The molecule has 3 heterocycles. The molecule has 5 rings (SSSR count). The maximum Gasteiger partial charge on any atom is 0.266 e. The van der Waals surface area contributed by atoms with Gasteiger partial charge in [0.2, 0.25) is 26.6 Å². The van der Waals surface area contributed by atoms with Gasteiger partial charge in [-0.25, -0.2) is 8.42 Å². The molecule has 2 aliphatic heterocycles. The Hall–Kier alpha value is -2.99. The molecular formula is C27H27N3O5S3. The molecule has 0 aliphatic carbocycles. The number of oxazole rings is 1. The Kier molecular flexibility index (Phi) is 7.98. The van der Waals surface area contributed by atoms with E-state index < -0.39 is 9.84 Å². The third-order valence-corrected chi connectivity index (χ3v) is 9.34. The van der Waals surface area contributed by atoms with Crippen LogP contribution in [-0.4, -0.2) is 61.4 Å². The molecule has 0 N–H and O–H groups in total. The van der Waals surface area contributed by atoms with Crippen LogP contribution in [0, 0.1) is 6.92 Å². The summed E-state index contributed by atoms with van der Waals surface area (Å²) in [6.07, 6.45) is 3.08. The van der Waals surface area contributed by atoms with Crippen molar-refractivity contribution in [1.82, 2.24) is 9.88 Å². The number of ether oxygens (including phenoxy) is 1. The first kappa shape index (κ1) is 26.6. The predicted octanol–water partition coefficient (Wildman–Crippen LogP) is 4.49. The highest BCUT2D eigenvalue weighted by atomic mass is 32.2. The minimum Gasteiger partial charge on any atom is -0.420 e. The Morgan fingerprint density at radius 2 is 1.79 bits per heavy atom. The topological polar surface area (TPSA) is 93.0 Å². The fraction of sp³-hybridized carbons (Fsp3) is 0.296. The number of morpholine rings is 1.